The SMILES string of the molecule is CCc1ccccc1B(c1ccccc1)c1ccccc1.[Na]. The predicted molar refractivity (Wildman–Crippen MR) is 99.1 cm³/mol. The summed E-state index contributed by atoms with van der Waals surface area (Å²) in [5.41, 5.74) is 5.54. The van der Waals surface area contributed by atoms with Crippen LogP contribution in [0.15, 0.2) is 84.9 Å². The molecule has 3 rings (SSSR count). The molecule has 22 heavy (non-hydrogen) atoms. The van der Waals surface area contributed by atoms with E-state index in [1.807, 2.05) is 0 Å². The molecule has 0 nitrogen and oxygen atoms in total. The fourth-order valence-electron chi connectivity index (χ4n) is 2.98. The largest absolute Gasteiger partial charge is 0.241 e. The number of rotatable bonds is 4. The average molecular weight is 293 g/mol. The summed E-state index contributed by atoms with van der Waals surface area (Å²) in [4.78, 5) is 0. The third-order valence-electron chi connectivity index (χ3n) is 4.01. The van der Waals surface area contributed by atoms with Crippen molar-refractivity contribution in [3.05, 3.63) is 90.5 Å². The van der Waals surface area contributed by atoms with Crippen LogP contribution in [-0.2, 0) is 6.42 Å². The van der Waals surface area contributed by atoms with Crippen molar-refractivity contribution in [1.82, 2.24) is 0 Å². The molecule has 0 aromatic heterocycles. The average Bonchev–Trinajstić information content (AvgIpc) is 2.58. The Labute approximate surface area is 156 Å². The van der Waals surface area contributed by atoms with Gasteiger partial charge in [-0.3, -0.25) is 0 Å². The molecule has 0 fully saturated rings. The van der Waals surface area contributed by atoms with Crippen molar-refractivity contribution in [1.29, 1.82) is 0 Å². The van der Waals surface area contributed by atoms with Gasteiger partial charge < -0.3 is 0 Å². The molecule has 0 atom stereocenters. The summed E-state index contributed by atoms with van der Waals surface area (Å²) in [5, 5.41) is 0. The first-order valence-electron chi connectivity index (χ1n) is 7.58. The fourth-order valence-corrected chi connectivity index (χ4v) is 2.98. The molecule has 0 spiro atoms. The first-order chi connectivity index (χ1) is 10.4. The van der Waals surface area contributed by atoms with Gasteiger partial charge in [0.05, 0.1) is 0 Å². The van der Waals surface area contributed by atoms with Crippen molar-refractivity contribution in [2.75, 3.05) is 0 Å². The summed E-state index contributed by atoms with van der Waals surface area (Å²) in [6, 6.07) is 30.4. The standard InChI is InChI=1S/C20H19B.Na/c1-2-17-11-9-10-16-20(17)21(18-12-5-3-6-13-18)19-14-7-4-8-15-19;/h3-16H,2H2,1H3;. The van der Waals surface area contributed by atoms with Gasteiger partial charge in [0.1, 0.15) is 0 Å². The first-order valence-corrected chi connectivity index (χ1v) is 7.58. The van der Waals surface area contributed by atoms with Gasteiger partial charge in [-0.05, 0) is 6.42 Å². The van der Waals surface area contributed by atoms with E-state index in [1.54, 1.807) is 0 Å². The second-order valence-corrected chi connectivity index (χ2v) is 5.31. The molecule has 0 amide bonds. The molecule has 0 aliphatic carbocycles. The number of aryl methyl sites for hydroxylation is 1. The minimum absolute atomic E-state index is 0. The van der Waals surface area contributed by atoms with Crippen molar-refractivity contribution in [3.63, 3.8) is 0 Å². The molecule has 0 heterocycles. The maximum Gasteiger partial charge on any atom is 0.241 e. The molecule has 0 aliphatic heterocycles. The zero-order valence-electron chi connectivity index (χ0n) is 13.4. The van der Waals surface area contributed by atoms with Crippen molar-refractivity contribution < 1.29 is 0 Å². The molecular formula is C20H19BNa. The van der Waals surface area contributed by atoms with E-state index < -0.39 is 0 Å². The summed E-state index contributed by atoms with van der Waals surface area (Å²) >= 11 is 0. The Bertz CT molecular complexity index is 656. The molecule has 0 N–H and O–H groups in total. The molecule has 3 aromatic carbocycles. The maximum atomic E-state index is 2.27. The van der Waals surface area contributed by atoms with Crippen LogP contribution in [0.3, 0.4) is 0 Å². The van der Waals surface area contributed by atoms with Crippen LogP contribution >= 0.6 is 0 Å². The van der Waals surface area contributed by atoms with E-state index in [4.69, 9.17) is 0 Å². The minimum atomic E-state index is 0. The summed E-state index contributed by atoms with van der Waals surface area (Å²) in [5.74, 6) is 0. The smallest absolute Gasteiger partial charge is 0.0687 e. The zero-order valence-corrected chi connectivity index (χ0v) is 15.4. The molecule has 2 heteroatoms. The Balaban J connectivity index is 0.00000176. The normalized spacial score (nSPS) is 9.86. The Kier molecular flexibility index (Phi) is 6.51. The quantitative estimate of drug-likeness (QED) is 0.648. The van der Waals surface area contributed by atoms with Crippen LogP contribution in [-0.4, -0.2) is 36.3 Å². The predicted octanol–water partition coefficient (Wildman–Crippen LogP) is 2.38. The van der Waals surface area contributed by atoms with E-state index in [-0.39, 0.29) is 29.6 Å². The van der Waals surface area contributed by atoms with Crippen LogP contribution in [0.4, 0.5) is 0 Å². The van der Waals surface area contributed by atoms with Gasteiger partial charge in [-0.2, -0.15) is 0 Å². The van der Waals surface area contributed by atoms with E-state index in [1.165, 1.54) is 22.0 Å². The van der Waals surface area contributed by atoms with Gasteiger partial charge in [0.2, 0.25) is 6.71 Å². The molecule has 103 valence electrons. The summed E-state index contributed by atoms with van der Waals surface area (Å²) < 4.78 is 0. The van der Waals surface area contributed by atoms with E-state index in [2.05, 4.69) is 91.9 Å². The van der Waals surface area contributed by atoms with E-state index in [9.17, 15) is 0 Å². The summed E-state index contributed by atoms with van der Waals surface area (Å²) in [7, 11) is 0. The summed E-state index contributed by atoms with van der Waals surface area (Å²) in [6.45, 7) is 2.54. The third kappa shape index (κ3) is 3.73. The third-order valence-corrected chi connectivity index (χ3v) is 4.01. The van der Waals surface area contributed by atoms with Gasteiger partial charge in [-0.25, -0.2) is 0 Å². The van der Waals surface area contributed by atoms with Crippen LogP contribution in [0.1, 0.15) is 12.5 Å². The molecule has 0 saturated heterocycles. The monoisotopic (exact) mass is 293 g/mol. The van der Waals surface area contributed by atoms with Gasteiger partial charge in [0.15, 0.2) is 0 Å². The molecule has 0 aliphatic rings. The van der Waals surface area contributed by atoms with E-state index >= 15 is 0 Å². The molecule has 3 aromatic rings. The van der Waals surface area contributed by atoms with Crippen LogP contribution in [0.25, 0.3) is 0 Å². The van der Waals surface area contributed by atoms with Crippen LogP contribution in [0, 0.1) is 0 Å². The van der Waals surface area contributed by atoms with Gasteiger partial charge in [-0.15, -0.1) is 0 Å². The Morgan fingerprint density at radius 2 is 1.09 bits per heavy atom. The number of benzene rings is 3. The van der Waals surface area contributed by atoms with Gasteiger partial charge in [-0.1, -0.05) is 114 Å². The fraction of sp³-hybridized carbons (Fsp3) is 0.100. The van der Waals surface area contributed by atoms with Gasteiger partial charge >= 0.3 is 0 Å². The summed E-state index contributed by atoms with van der Waals surface area (Å²) in [6.07, 6.45) is 1.06. The second-order valence-electron chi connectivity index (χ2n) is 5.31. The molecule has 0 saturated carbocycles. The topological polar surface area (TPSA) is 0 Å². The van der Waals surface area contributed by atoms with Crippen molar-refractivity contribution in [2.45, 2.75) is 13.3 Å². The first kappa shape index (κ1) is 17.1. The van der Waals surface area contributed by atoms with Crippen LogP contribution in [0.2, 0.25) is 0 Å². The molecule has 0 bridgehead atoms. The van der Waals surface area contributed by atoms with Crippen molar-refractivity contribution >= 4 is 52.7 Å². The Hall–Kier alpha value is -1.28. The molecular weight excluding hydrogens is 274 g/mol. The van der Waals surface area contributed by atoms with Crippen molar-refractivity contribution in [2.24, 2.45) is 0 Å². The molecule has 1 radical (unpaired) electrons. The van der Waals surface area contributed by atoms with Crippen molar-refractivity contribution in [3.8, 4) is 0 Å². The van der Waals surface area contributed by atoms with E-state index in [0.717, 1.165) is 6.42 Å². The molecule has 0 unspecified atom stereocenters. The van der Waals surface area contributed by atoms with Crippen LogP contribution < -0.4 is 16.4 Å². The number of hydrogen-bond donors (Lipinski definition) is 0. The zero-order chi connectivity index (χ0) is 14.5. The maximum absolute atomic E-state index is 2.27. The van der Waals surface area contributed by atoms with Gasteiger partial charge in [0.25, 0.3) is 0 Å². The van der Waals surface area contributed by atoms with Gasteiger partial charge in [0, 0.05) is 29.6 Å². The number of hydrogen-bond acceptors (Lipinski definition) is 0. The Morgan fingerprint density at radius 1 is 0.636 bits per heavy atom. The van der Waals surface area contributed by atoms with E-state index in [0.29, 0.717) is 6.71 Å². The second kappa shape index (κ2) is 8.38. The van der Waals surface area contributed by atoms with Crippen LogP contribution in [0.5, 0.6) is 0 Å². The minimum Gasteiger partial charge on any atom is -0.0687 e. The Morgan fingerprint density at radius 3 is 1.59 bits per heavy atom.